The van der Waals surface area contributed by atoms with E-state index in [0.717, 1.165) is 5.56 Å². The molecule has 0 bridgehead atoms. The molecule has 0 fully saturated rings. The number of nitrogens with zero attached hydrogens (tertiary/aromatic N) is 4. The molecule has 5 nitrogen and oxygen atoms in total. The zero-order chi connectivity index (χ0) is 12.5. The van der Waals surface area contributed by atoms with E-state index in [2.05, 4.69) is 16.2 Å². The molecule has 2 aromatic heterocycles. The maximum absolute atomic E-state index is 9.25. The molecule has 5 heteroatoms. The van der Waals surface area contributed by atoms with Crippen molar-refractivity contribution >= 4 is 11.5 Å². The van der Waals surface area contributed by atoms with Gasteiger partial charge in [0.05, 0.1) is 11.9 Å². The van der Waals surface area contributed by atoms with E-state index in [4.69, 9.17) is 5.73 Å². The lowest BCUT2D eigenvalue weighted by Crippen LogP contribution is -2.05. The second kappa shape index (κ2) is 3.86. The highest BCUT2D eigenvalue weighted by molar-refractivity contribution is 5.74. The van der Waals surface area contributed by atoms with Crippen LogP contribution in [0.2, 0.25) is 0 Å². The summed E-state index contributed by atoms with van der Waals surface area (Å²) in [5.74, 6) is 0.311. The standard InChI is InChI=1S/C13H9N5/c14-8-10-12(9-4-2-1-3-5-9)17-11-6-7-16-18(11)13(10)15/h1-7H,15H2. The summed E-state index contributed by atoms with van der Waals surface area (Å²) in [5.41, 5.74) is 8.38. The van der Waals surface area contributed by atoms with Crippen LogP contribution in [-0.4, -0.2) is 14.6 Å². The Morgan fingerprint density at radius 1 is 1.17 bits per heavy atom. The summed E-state index contributed by atoms with van der Waals surface area (Å²) >= 11 is 0. The van der Waals surface area contributed by atoms with Crippen molar-refractivity contribution in [3.8, 4) is 17.3 Å². The van der Waals surface area contributed by atoms with Gasteiger partial charge in [0, 0.05) is 11.6 Å². The Hall–Kier alpha value is -2.87. The molecule has 3 aromatic rings. The van der Waals surface area contributed by atoms with Gasteiger partial charge in [-0.2, -0.15) is 14.9 Å². The molecule has 0 atom stereocenters. The van der Waals surface area contributed by atoms with Crippen molar-refractivity contribution in [2.24, 2.45) is 0 Å². The Morgan fingerprint density at radius 3 is 2.67 bits per heavy atom. The van der Waals surface area contributed by atoms with E-state index in [1.165, 1.54) is 4.52 Å². The predicted octanol–water partition coefficient (Wildman–Crippen LogP) is 1.85. The molecule has 2 heterocycles. The van der Waals surface area contributed by atoms with E-state index in [0.29, 0.717) is 22.7 Å². The number of benzene rings is 1. The number of nitrogens with two attached hydrogens (primary N) is 1. The van der Waals surface area contributed by atoms with Crippen LogP contribution in [0.5, 0.6) is 0 Å². The van der Waals surface area contributed by atoms with Crippen molar-refractivity contribution in [1.29, 1.82) is 5.26 Å². The van der Waals surface area contributed by atoms with Gasteiger partial charge in [0.1, 0.15) is 17.5 Å². The molecule has 0 spiro atoms. The lowest BCUT2D eigenvalue weighted by atomic mass is 10.1. The molecule has 0 saturated heterocycles. The number of aromatic nitrogens is 3. The van der Waals surface area contributed by atoms with Crippen LogP contribution in [0.1, 0.15) is 5.56 Å². The molecule has 0 unspecified atom stereocenters. The molecule has 0 aliphatic rings. The Morgan fingerprint density at radius 2 is 1.94 bits per heavy atom. The topological polar surface area (TPSA) is 80.0 Å². The Balaban J connectivity index is 2.39. The predicted molar refractivity (Wildman–Crippen MR) is 67.6 cm³/mol. The number of rotatable bonds is 1. The van der Waals surface area contributed by atoms with Crippen LogP contribution in [0.15, 0.2) is 42.6 Å². The fourth-order valence-corrected chi connectivity index (χ4v) is 1.88. The first-order valence-corrected chi connectivity index (χ1v) is 5.40. The molecular weight excluding hydrogens is 226 g/mol. The second-order valence-corrected chi connectivity index (χ2v) is 3.80. The van der Waals surface area contributed by atoms with E-state index in [1.807, 2.05) is 30.3 Å². The van der Waals surface area contributed by atoms with E-state index in [-0.39, 0.29) is 0 Å². The minimum atomic E-state index is 0.311. The fourth-order valence-electron chi connectivity index (χ4n) is 1.88. The summed E-state index contributed by atoms with van der Waals surface area (Å²) in [4.78, 5) is 4.44. The van der Waals surface area contributed by atoms with Crippen molar-refractivity contribution in [3.05, 3.63) is 48.2 Å². The van der Waals surface area contributed by atoms with Crippen LogP contribution in [0.4, 0.5) is 5.82 Å². The molecule has 0 aliphatic heterocycles. The summed E-state index contributed by atoms with van der Waals surface area (Å²) < 4.78 is 1.46. The van der Waals surface area contributed by atoms with Crippen molar-refractivity contribution in [2.45, 2.75) is 0 Å². The number of hydrogen-bond acceptors (Lipinski definition) is 4. The molecule has 0 amide bonds. The monoisotopic (exact) mass is 235 g/mol. The largest absolute Gasteiger partial charge is 0.382 e. The van der Waals surface area contributed by atoms with Gasteiger partial charge in [0.2, 0.25) is 0 Å². The first-order chi connectivity index (χ1) is 8.81. The number of fused-ring (bicyclic) bond motifs is 1. The van der Waals surface area contributed by atoms with E-state index in [9.17, 15) is 5.26 Å². The van der Waals surface area contributed by atoms with Gasteiger partial charge in [-0.05, 0) is 0 Å². The quantitative estimate of drug-likeness (QED) is 0.698. The third kappa shape index (κ3) is 1.40. The molecule has 2 N–H and O–H groups in total. The third-order valence-electron chi connectivity index (χ3n) is 2.73. The molecule has 0 saturated carbocycles. The number of nitrogen functional groups attached to an aromatic ring is 1. The maximum Gasteiger partial charge on any atom is 0.158 e. The van der Waals surface area contributed by atoms with Gasteiger partial charge in [0.15, 0.2) is 5.65 Å². The number of anilines is 1. The van der Waals surface area contributed by atoms with Crippen LogP contribution in [-0.2, 0) is 0 Å². The minimum absolute atomic E-state index is 0.311. The average Bonchev–Trinajstić information content (AvgIpc) is 2.88. The zero-order valence-corrected chi connectivity index (χ0v) is 9.41. The van der Waals surface area contributed by atoms with Gasteiger partial charge in [-0.25, -0.2) is 4.98 Å². The number of hydrogen-bond donors (Lipinski definition) is 1. The summed E-state index contributed by atoms with van der Waals surface area (Å²) in [5, 5.41) is 13.3. The van der Waals surface area contributed by atoms with Gasteiger partial charge < -0.3 is 5.73 Å². The van der Waals surface area contributed by atoms with Crippen molar-refractivity contribution < 1.29 is 0 Å². The summed E-state index contributed by atoms with van der Waals surface area (Å²) in [7, 11) is 0. The van der Waals surface area contributed by atoms with Gasteiger partial charge >= 0.3 is 0 Å². The molecule has 86 valence electrons. The van der Waals surface area contributed by atoms with Gasteiger partial charge in [-0.15, -0.1) is 0 Å². The first-order valence-electron chi connectivity index (χ1n) is 5.40. The van der Waals surface area contributed by atoms with E-state index in [1.54, 1.807) is 12.3 Å². The zero-order valence-electron chi connectivity index (χ0n) is 9.41. The van der Waals surface area contributed by atoms with Gasteiger partial charge in [-0.1, -0.05) is 30.3 Å². The van der Waals surface area contributed by atoms with Crippen LogP contribution >= 0.6 is 0 Å². The van der Waals surface area contributed by atoms with Gasteiger partial charge in [-0.3, -0.25) is 0 Å². The smallest absolute Gasteiger partial charge is 0.158 e. The summed E-state index contributed by atoms with van der Waals surface area (Å²) in [6, 6.07) is 13.4. The van der Waals surface area contributed by atoms with Crippen LogP contribution in [0.25, 0.3) is 16.9 Å². The van der Waals surface area contributed by atoms with E-state index >= 15 is 0 Å². The Kier molecular flexibility index (Phi) is 2.21. The molecule has 18 heavy (non-hydrogen) atoms. The van der Waals surface area contributed by atoms with Crippen LogP contribution < -0.4 is 5.73 Å². The van der Waals surface area contributed by atoms with Crippen LogP contribution in [0.3, 0.4) is 0 Å². The second-order valence-electron chi connectivity index (χ2n) is 3.80. The highest BCUT2D eigenvalue weighted by atomic mass is 15.3. The number of nitriles is 1. The van der Waals surface area contributed by atoms with Crippen LogP contribution in [0, 0.1) is 11.3 Å². The molecule has 3 rings (SSSR count). The molecule has 1 aromatic carbocycles. The highest BCUT2D eigenvalue weighted by Gasteiger charge is 2.14. The maximum atomic E-state index is 9.25. The SMILES string of the molecule is N#Cc1c(-c2ccccc2)nc2ccnn2c1N. The van der Waals surface area contributed by atoms with Crippen molar-refractivity contribution in [2.75, 3.05) is 5.73 Å². The third-order valence-corrected chi connectivity index (χ3v) is 2.73. The Bertz CT molecular complexity index is 752. The highest BCUT2D eigenvalue weighted by Crippen LogP contribution is 2.25. The van der Waals surface area contributed by atoms with Gasteiger partial charge in [0.25, 0.3) is 0 Å². The first kappa shape index (κ1) is 10.3. The van der Waals surface area contributed by atoms with Crippen molar-refractivity contribution in [3.63, 3.8) is 0 Å². The normalized spacial score (nSPS) is 10.4. The average molecular weight is 235 g/mol. The summed E-state index contributed by atoms with van der Waals surface area (Å²) in [6.07, 6.45) is 1.61. The fraction of sp³-hybridized carbons (Fsp3) is 0. The molecule has 0 aliphatic carbocycles. The molecular formula is C13H9N5. The molecule has 0 radical (unpaired) electrons. The minimum Gasteiger partial charge on any atom is -0.382 e. The van der Waals surface area contributed by atoms with Crippen molar-refractivity contribution in [1.82, 2.24) is 14.6 Å². The lowest BCUT2D eigenvalue weighted by molar-refractivity contribution is 0.950. The Labute approximate surface area is 103 Å². The summed E-state index contributed by atoms with van der Waals surface area (Å²) in [6.45, 7) is 0. The van der Waals surface area contributed by atoms with E-state index < -0.39 is 0 Å². The lowest BCUT2D eigenvalue weighted by Gasteiger charge is -2.07.